The van der Waals surface area contributed by atoms with Crippen LogP contribution in [0.4, 0.5) is 5.82 Å². The number of hydrogen-bond donors (Lipinski definition) is 0. The summed E-state index contributed by atoms with van der Waals surface area (Å²) < 4.78 is 5.27. The van der Waals surface area contributed by atoms with Crippen LogP contribution in [0.1, 0.15) is 24.2 Å². The van der Waals surface area contributed by atoms with Gasteiger partial charge in [-0.15, -0.1) is 5.10 Å². The Morgan fingerprint density at radius 1 is 1.08 bits per heavy atom. The second kappa shape index (κ2) is 6.59. The van der Waals surface area contributed by atoms with Gasteiger partial charge in [-0.25, -0.2) is 0 Å². The summed E-state index contributed by atoms with van der Waals surface area (Å²) in [6.07, 6.45) is 0. The number of ether oxygens (including phenoxy) is 1. The number of methoxy groups -OCH3 is 1. The van der Waals surface area contributed by atoms with E-state index in [-0.39, 0.29) is 11.9 Å². The maximum atomic E-state index is 12.2. The lowest BCUT2D eigenvalue weighted by Crippen LogP contribution is -2.34. The van der Waals surface area contributed by atoms with Crippen molar-refractivity contribution in [3.63, 3.8) is 0 Å². The normalized spacial score (nSPS) is 24.7. The topological polar surface area (TPSA) is 58.6 Å². The predicted molar refractivity (Wildman–Crippen MR) is 99.1 cm³/mol. The molecule has 2 aromatic rings. The highest BCUT2D eigenvalue weighted by Gasteiger charge is 2.48. The van der Waals surface area contributed by atoms with Crippen molar-refractivity contribution in [2.24, 2.45) is 11.8 Å². The van der Waals surface area contributed by atoms with Crippen LogP contribution in [0.3, 0.4) is 0 Å². The predicted octanol–water partition coefficient (Wildman–Crippen LogP) is 2.45. The van der Waals surface area contributed by atoms with E-state index in [1.54, 1.807) is 14.0 Å². The maximum Gasteiger partial charge on any atom is 0.219 e. The van der Waals surface area contributed by atoms with Crippen LogP contribution in [-0.4, -0.2) is 47.7 Å². The van der Waals surface area contributed by atoms with Gasteiger partial charge in [-0.3, -0.25) is 4.79 Å². The summed E-state index contributed by atoms with van der Waals surface area (Å²) >= 11 is 0. The van der Waals surface area contributed by atoms with Gasteiger partial charge in [-0.05, 0) is 36.8 Å². The summed E-state index contributed by atoms with van der Waals surface area (Å²) in [7, 11) is 1.67. The van der Waals surface area contributed by atoms with Crippen LogP contribution >= 0.6 is 0 Å². The molecule has 2 fully saturated rings. The van der Waals surface area contributed by atoms with Crippen LogP contribution < -0.4 is 9.64 Å². The number of hydrogen-bond acceptors (Lipinski definition) is 5. The Hall–Kier alpha value is -2.63. The molecule has 1 aromatic heterocycles. The van der Waals surface area contributed by atoms with Crippen molar-refractivity contribution in [3.05, 3.63) is 47.7 Å². The Morgan fingerprint density at radius 3 is 2.46 bits per heavy atom. The zero-order chi connectivity index (χ0) is 18.3. The molecule has 26 heavy (non-hydrogen) atoms. The number of fused-ring (bicyclic) bond motifs is 1. The Labute approximate surface area is 153 Å². The maximum absolute atomic E-state index is 12.2. The molecule has 0 aliphatic carbocycles. The fraction of sp³-hybridized carbons (Fsp3) is 0.450. The number of likely N-dealkylation sites (tertiary alicyclic amines) is 1. The Balaban J connectivity index is 1.60. The zero-order valence-electron chi connectivity index (χ0n) is 15.4. The summed E-state index contributed by atoms with van der Waals surface area (Å²) in [5.41, 5.74) is 2.09. The van der Waals surface area contributed by atoms with Gasteiger partial charge in [0.1, 0.15) is 5.75 Å². The number of aryl methyl sites for hydroxylation is 1. The van der Waals surface area contributed by atoms with E-state index >= 15 is 0 Å². The van der Waals surface area contributed by atoms with E-state index < -0.39 is 0 Å². The molecule has 2 aliphatic heterocycles. The molecule has 2 saturated heterocycles. The fourth-order valence-corrected chi connectivity index (χ4v) is 4.34. The van der Waals surface area contributed by atoms with Gasteiger partial charge >= 0.3 is 0 Å². The standard InChI is InChI=1S/C20H24N4O2/c1-13-4-9-19(22-21-13)23-10-16-11-24(14(2)25)20(18(16)12-23)15-5-7-17(26-3)8-6-15/h4-9,16,18,20H,10-12H2,1-3H3/t16-,18-,20+/m1/s1. The van der Waals surface area contributed by atoms with Gasteiger partial charge in [0.05, 0.1) is 18.8 Å². The first kappa shape index (κ1) is 16.8. The van der Waals surface area contributed by atoms with Crippen molar-refractivity contribution in [2.45, 2.75) is 19.9 Å². The Morgan fingerprint density at radius 2 is 1.85 bits per heavy atom. The second-order valence-electron chi connectivity index (χ2n) is 7.25. The van der Waals surface area contributed by atoms with Crippen LogP contribution in [-0.2, 0) is 4.79 Å². The van der Waals surface area contributed by atoms with Crippen molar-refractivity contribution >= 4 is 11.7 Å². The minimum absolute atomic E-state index is 0.104. The van der Waals surface area contributed by atoms with E-state index in [9.17, 15) is 4.79 Å². The van der Waals surface area contributed by atoms with E-state index in [1.807, 2.05) is 36.1 Å². The first-order valence-corrected chi connectivity index (χ1v) is 9.03. The highest BCUT2D eigenvalue weighted by molar-refractivity contribution is 5.74. The van der Waals surface area contributed by atoms with Crippen molar-refractivity contribution in [1.82, 2.24) is 15.1 Å². The summed E-state index contributed by atoms with van der Waals surface area (Å²) in [6, 6.07) is 12.2. The quantitative estimate of drug-likeness (QED) is 0.849. The summed E-state index contributed by atoms with van der Waals surface area (Å²) in [6.45, 7) is 6.22. The number of rotatable bonds is 3. The number of nitrogens with zero attached hydrogens (tertiary/aromatic N) is 4. The highest BCUT2D eigenvalue weighted by atomic mass is 16.5. The molecule has 0 unspecified atom stereocenters. The minimum atomic E-state index is 0.104. The number of benzene rings is 1. The average Bonchev–Trinajstić information content (AvgIpc) is 3.20. The molecule has 3 heterocycles. The van der Waals surface area contributed by atoms with E-state index in [0.29, 0.717) is 11.8 Å². The Kier molecular flexibility index (Phi) is 4.26. The third kappa shape index (κ3) is 2.89. The van der Waals surface area contributed by atoms with Crippen molar-refractivity contribution in [2.75, 3.05) is 31.6 Å². The largest absolute Gasteiger partial charge is 0.497 e. The van der Waals surface area contributed by atoms with Gasteiger partial charge in [-0.1, -0.05) is 12.1 Å². The molecule has 0 spiro atoms. The molecule has 6 nitrogen and oxygen atoms in total. The first-order valence-electron chi connectivity index (χ1n) is 9.03. The van der Waals surface area contributed by atoms with Crippen LogP contribution in [0.2, 0.25) is 0 Å². The molecule has 1 amide bonds. The number of aromatic nitrogens is 2. The van der Waals surface area contributed by atoms with Crippen molar-refractivity contribution in [3.8, 4) is 5.75 Å². The molecule has 0 N–H and O–H groups in total. The van der Waals surface area contributed by atoms with Crippen LogP contribution in [0.15, 0.2) is 36.4 Å². The molecular formula is C20H24N4O2. The minimum Gasteiger partial charge on any atom is -0.497 e. The zero-order valence-corrected chi connectivity index (χ0v) is 15.4. The van der Waals surface area contributed by atoms with Gasteiger partial charge in [-0.2, -0.15) is 5.10 Å². The summed E-state index contributed by atoms with van der Waals surface area (Å²) in [5, 5.41) is 8.53. The Bertz CT molecular complexity index is 790. The number of carbonyl (C=O) groups excluding carboxylic acids is 1. The van der Waals surface area contributed by atoms with Crippen LogP contribution in [0.5, 0.6) is 5.75 Å². The number of amides is 1. The number of carbonyl (C=O) groups is 1. The van der Waals surface area contributed by atoms with Crippen LogP contribution in [0, 0.1) is 18.8 Å². The molecule has 6 heteroatoms. The molecule has 0 bridgehead atoms. The van der Waals surface area contributed by atoms with Crippen molar-refractivity contribution < 1.29 is 9.53 Å². The van der Waals surface area contributed by atoms with E-state index in [0.717, 1.165) is 36.9 Å². The lowest BCUT2D eigenvalue weighted by atomic mass is 9.89. The van der Waals surface area contributed by atoms with Gasteiger partial charge in [0.15, 0.2) is 5.82 Å². The fourth-order valence-electron chi connectivity index (χ4n) is 4.34. The van der Waals surface area contributed by atoms with Gasteiger partial charge in [0.2, 0.25) is 5.91 Å². The molecule has 3 atom stereocenters. The molecule has 1 aromatic carbocycles. The molecular weight excluding hydrogens is 328 g/mol. The SMILES string of the molecule is COc1ccc([C@H]2[C@@H]3CN(c4ccc(C)nn4)C[C@@H]3CN2C(C)=O)cc1. The third-order valence-electron chi connectivity index (χ3n) is 5.63. The summed E-state index contributed by atoms with van der Waals surface area (Å²) in [5.74, 6) is 2.75. The number of anilines is 1. The van der Waals surface area contributed by atoms with Crippen molar-refractivity contribution in [1.29, 1.82) is 0 Å². The van der Waals surface area contributed by atoms with Crippen LogP contribution in [0.25, 0.3) is 0 Å². The molecule has 136 valence electrons. The second-order valence-corrected chi connectivity index (χ2v) is 7.25. The first-order chi connectivity index (χ1) is 12.6. The molecule has 0 saturated carbocycles. The lowest BCUT2D eigenvalue weighted by Gasteiger charge is -2.29. The monoisotopic (exact) mass is 352 g/mol. The van der Waals surface area contributed by atoms with Gasteiger partial charge < -0.3 is 14.5 Å². The molecule has 2 aliphatic rings. The smallest absolute Gasteiger partial charge is 0.219 e. The van der Waals surface area contributed by atoms with E-state index in [1.165, 1.54) is 5.56 Å². The van der Waals surface area contributed by atoms with E-state index in [4.69, 9.17) is 4.74 Å². The van der Waals surface area contributed by atoms with E-state index in [2.05, 4.69) is 27.2 Å². The third-order valence-corrected chi connectivity index (χ3v) is 5.63. The van der Waals surface area contributed by atoms with Gasteiger partial charge in [0, 0.05) is 38.4 Å². The average molecular weight is 352 g/mol. The lowest BCUT2D eigenvalue weighted by molar-refractivity contribution is -0.130. The molecule has 4 rings (SSSR count). The van der Waals surface area contributed by atoms with Gasteiger partial charge in [0.25, 0.3) is 0 Å². The molecule has 0 radical (unpaired) electrons. The highest BCUT2D eigenvalue weighted by Crippen LogP contribution is 2.45. The summed E-state index contributed by atoms with van der Waals surface area (Å²) in [4.78, 5) is 16.6.